The summed E-state index contributed by atoms with van der Waals surface area (Å²) in [6.07, 6.45) is 0. The van der Waals surface area contributed by atoms with Crippen LogP contribution in [0.25, 0.3) is 5.57 Å². The van der Waals surface area contributed by atoms with E-state index in [1.54, 1.807) is 0 Å². The molecule has 12 heavy (non-hydrogen) atoms. The highest BCUT2D eigenvalue weighted by molar-refractivity contribution is 5.64. The van der Waals surface area contributed by atoms with E-state index in [2.05, 4.69) is 6.58 Å². The molecule has 0 unspecified atom stereocenters. The normalized spacial score (nSPS) is 9.92. The van der Waals surface area contributed by atoms with E-state index in [9.17, 15) is 8.78 Å². The van der Waals surface area contributed by atoms with Gasteiger partial charge in [0, 0.05) is 11.3 Å². The molecular weight excluding hydrogens is 160 g/mol. The Kier molecular flexibility index (Phi) is 2.13. The van der Waals surface area contributed by atoms with Crippen molar-refractivity contribution in [2.45, 2.75) is 6.92 Å². The van der Waals surface area contributed by atoms with E-state index in [1.807, 2.05) is 0 Å². The molecule has 0 amide bonds. The summed E-state index contributed by atoms with van der Waals surface area (Å²) in [5.74, 6) is -1.33. The highest BCUT2D eigenvalue weighted by atomic mass is 19.1. The lowest BCUT2D eigenvalue weighted by Gasteiger charge is -2.04. The van der Waals surface area contributed by atoms with Gasteiger partial charge < -0.3 is 5.73 Å². The van der Waals surface area contributed by atoms with E-state index < -0.39 is 11.6 Å². The van der Waals surface area contributed by atoms with Gasteiger partial charge in [0.1, 0.15) is 11.6 Å². The van der Waals surface area contributed by atoms with Crippen LogP contribution >= 0.6 is 0 Å². The molecule has 0 aliphatic heterocycles. The fourth-order valence-corrected chi connectivity index (χ4v) is 1.00. The Labute approximate surface area is 69.5 Å². The maximum Gasteiger partial charge on any atom is 0.135 e. The van der Waals surface area contributed by atoms with Crippen molar-refractivity contribution in [1.82, 2.24) is 0 Å². The number of halogens is 2. The average Bonchev–Trinajstić information content (AvgIpc) is 1.82. The number of allylic oxidation sites excluding steroid dienone is 1. The topological polar surface area (TPSA) is 26.0 Å². The number of nitrogen functional groups attached to an aromatic ring is 1. The van der Waals surface area contributed by atoms with Gasteiger partial charge in [0.15, 0.2) is 0 Å². The van der Waals surface area contributed by atoms with Crippen molar-refractivity contribution in [2.24, 2.45) is 0 Å². The van der Waals surface area contributed by atoms with Gasteiger partial charge in [-0.25, -0.2) is 8.78 Å². The fraction of sp³-hybridized carbons (Fsp3) is 0.111. The lowest BCUT2D eigenvalue weighted by atomic mass is 10.1. The molecule has 1 rings (SSSR count). The molecule has 0 radical (unpaired) electrons. The lowest BCUT2D eigenvalue weighted by Crippen LogP contribution is -1.95. The second-order valence-corrected chi connectivity index (χ2v) is 2.64. The van der Waals surface area contributed by atoms with Gasteiger partial charge in [-0.3, -0.25) is 0 Å². The van der Waals surface area contributed by atoms with E-state index in [0.717, 1.165) is 12.1 Å². The third-order valence-electron chi connectivity index (χ3n) is 1.49. The molecule has 0 aliphatic carbocycles. The predicted molar refractivity (Wildman–Crippen MR) is 45.5 cm³/mol. The van der Waals surface area contributed by atoms with Crippen molar-refractivity contribution in [3.8, 4) is 0 Å². The maximum atomic E-state index is 13.0. The van der Waals surface area contributed by atoms with E-state index in [4.69, 9.17) is 5.73 Å². The van der Waals surface area contributed by atoms with Gasteiger partial charge >= 0.3 is 0 Å². The number of benzene rings is 1. The molecule has 1 nitrogen and oxygen atoms in total. The van der Waals surface area contributed by atoms with Crippen molar-refractivity contribution < 1.29 is 8.78 Å². The van der Waals surface area contributed by atoms with Crippen LogP contribution in [-0.2, 0) is 0 Å². The van der Waals surface area contributed by atoms with Gasteiger partial charge in [-0.1, -0.05) is 6.58 Å². The van der Waals surface area contributed by atoms with Gasteiger partial charge in [-0.05, 0) is 24.6 Å². The fourth-order valence-electron chi connectivity index (χ4n) is 1.00. The van der Waals surface area contributed by atoms with Crippen LogP contribution in [0.3, 0.4) is 0 Å². The second-order valence-electron chi connectivity index (χ2n) is 2.64. The first-order valence-corrected chi connectivity index (χ1v) is 3.42. The minimum absolute atomic E-state index is 0.0787. The number of nitrogens with two attached hydrogens (primary N) is 1. The van der Waals surface area contributed by atoms with Crippen LogP contribution in [0.4, 0.5) is 14.5 Å². The zero-order valence-electron chi connectivity index (χ0n) is 6.70. The van der Waals surface area contributed by atoms with E-state index >= 15 is 0 Å². The van der Waals surface area contributed by atoms with Crippen LogP contribution in [0.1, 0.15) is 12.5 Å². The van der Waals surface area contributed by atoms with Crippen LogP contribution in [0.15, 0.2) is 18.7 Å². The van der Waals surface area contributed by atoms with Gasteiger partial charge in [-0.15, -0.1) is 0 Å². The Morgan fingerprint density at radius 2 is 1.75 bits per heavy atom. The summed E-state index contributed by atoms with van der Waals surface area (Å²) < 4.78 is 26.0. The minimum atomic E-state index is -0.667. The molecule has 0 saturated heterocycles. The Hall–Kier alpha value is -1.38. The molecule has 0 heterocycles. The first-order valence-electron chi connectivity index (χ1n) is 3.42. The molecule has 2 N–H and O–H groups in total. The third-order valence-corrected chi connectivity index (χ3v) is 1.49. The van der Waals surface area contributed by atoms with Crippen molar-refractivity contribution in [3.63, 3.8) is 0 Å². The second kappa shape index (κ2) is 2.93. The summed E-state index contributed by atoms with van der Waals surface area (Å²) in [6.45, 7) is 5.00. The molecule has 0 atom stereocenters. The van der Waals surface area contributed by atoms with Crippen LogP contribution in [0.2, 0.25) is 0 Å². The molecule has 64 valence electrons. The first-order chi connectivity index (χ1) is 5.52. The van der Waals surface area contributed by atoms with Crippen LogP contribution in [0.5, 0.6) is 0 Å². The Morgan fingerprint density at radius 1 is 1.33 bits per heavy atom. The summed E-state index contributed by atoms with van der Waals surface area (Å²) in [6, 6.07) is 2.15. The van der Waals surface area contributed by atoms with Crippen molar-refractivity contribution in [1.29, 1.82) is 0 Å². The van der Waals surface area contributed by atoms with Gasteiger partial charge in [0.25, 0.3) is 0 Å². The first kappa shape index (κ1) is 8.71. The van der Waals surface area contributed by atoms with Crippen LogP contribution in [-0.4, -0.2) is 0 Å². The summed E-state index contributed by atoms with van der Waals surface area (Å²) >= 11 is 0. The quantitative estimate of drug-likeness (QED) is 0.642. The third kappa shape index (κ3) is 1.44. The Balaban J connectivity index is 3.38. The molecule has 0 aliphatic rings. The molecule has 1 aromatic rings. The largest absolute Gasteiger partial charge is 0.399 e. The molecule has 3 heteroatoms. The van der Waals surface area contributed by atoms with Crippen molar-refractivity contribution in [3.05, 3.63) is 35.9 Å². The van der Waals surface area contributed by atoms with E-state index in [1.165, 1.54) is 6.92 Å². The molecule has 0 spiro atoms. The monoisotopic (exact) mass is 169 g/mol. The van der Waals surface area contributed by atoms with Crippen LogP contribution < -0.4 is 5.73 Å². The maximum absolute atomic E-state index is 13.0. The molecular formula is C9H9F2N. The Bertz CT molecular complexity index is 308. The van der Waals surface area contributed by atoms with Crippen molar-refractivity contribution in [2.75, 3.05) is 5.73 Å². The average molecular weight is 169 g/mol. The number of hydrogen-bond donors (Lipinski definition) is 1. The summed E-state index contributed by atoms with van der Waals surface area (Å²) in [5, 5.41) is 0. The highest BCUT2D eigenvalue weighted by Gasteiger charge is 2.09. The van der Waals surface area contributed by atoms with Gasteiger partial charge in [-0.2, -0.15) is 0 Å². The molecule has 1 aromatic carbocycles. The molecule has 0 aromatic heterocycles. The molecule has 0 fully saturated rings. The smallest absolute Gasteiger partial charge is 0.135 e. The number of rotatable bonds is 1. The predicted octanol–water partition coefficient (Wildman–Crippen LogP) is 2.58. The Morgan fingerprint density at radius 3 is 2.08 bits per heavy atom. The van der Waals surface area contributed by atoms with Crippen molar-refractivity contribution >= 4 is 11.3 Å². The van der Waals surface area contributed by atoms with Gasteiger partial charge in [0.2, 0.25) is 0 Å². The zero-order valence-corrected chi connectivity index (χ0v) is 6.70. The summed E-state index contributed by atoms with van der Waals surface area (Å²) in [5.41, 5.74) is 5.56. The van der Waals surface area contributed by atoms with E-state index in [0.29, 0.717) is 5.57 Å². The number of hydrogen-bond acceptors (Lipinski definition) is 1. The SMILES string of the molecule is C=C(C)c1c(F)cc(N)cc1F. The molecule has 0 saturated carbocycles. The number of anilines is 1. The highest BCUT2D eigenvalue weighted by Crippen LogP contribution is 2.22. The standard InChI is InChI=1S/C9H9F2N/c1-5(2)9-7(10)3-6(12)4-8(9)11/h3-4H,1,12H2,2H3. The summed E-state index contributed by atoms with van der Waals surface area (Å²) in [7, 11) is 0. The minimum Gasteiger partial charge on any atom is -0.399 e. The van der Waals surface area contributed by atoms with E-state index in [-0.39, 0.29) is 11.3 Å². The zero-order chi connectivity index (χ0) is 9.30. The van der Waals surface area contributed by atoms with Gasteiger partial charge in [0.05, 0.1) is 0 Å². The van der Waals surface area contributed by atoms with Crippen LogP contribution in [0, 0.1) is 11.6 Å². The summed E-state index contributed by atoms with van der Waals surface area (Å²) in [4.78, 5) is 0. The molecule has 0 bridgehead atoms. The lowest BCUT2D eigenvalue weighted by molar-refractivity contribution is 0.578.